The molecule has 4 heteroatoms. The molecule has 1 saturated heterocycles. The van der Waals surface area contributed by atoms with Crippen molar-refractivity contribution in [3.63, 3.8) is 0 Å². The van der Waals surface area contributed by atoms with Gasteiger partial charge in [-0.25, -0.2) is 0 Å². The highest BCUT2D eigenvalue weighted by Gasteiger charge is 2.14. The first kappa shape index (κ1) is 14.2. The summed E-state index contributed by atoms with van der Waals surface area (Å²) in [5, 5.41) is 6.99. The summed E-state index contributed by atoms with van der Waals surface area (Å²) >= 11 is 0. The monoisotopic (exact) mass is 264 g/mol. The van der Waals surface area contributed by atoms with E-state index in [1.54, 1.807) is 7.11 Å². The second-order valence-electron chi connectivity index (χ2n) is 5.03. The lowest BCUT2D eigenvalue weighted by molar-refractivity contribution is 0.146. The number of anilines is 1. The van der Waals surface area contributed by atoms with Crippen molar-refractivity contribution < 1.29 is 9.47 Å². The molecule has 1 fully saturated rings. The van der Waals surface area contributed by atoms with E-state index in [0.29, 0.717) is 19.3 Å². The van der Waals surface area contributed by atoms with Crippen molar-refractivity contribution in [2.45, 2.75) is 25.8 Å². The Kier molecular flexibility index (Phi) is 5.48. The van der Waals surface area contributed by atoms with Gasteiger partial charge in [0.2, 0.25) is 0 Å². The second kappa shape index (κ2) is 7.36. The number of piperidine rings is 1. The lowest BCUT2D eigenvalue weighted by atomic mass is 10.1. The first-order valence-electron chi connectivity index (χ1n) is 6.99. The van der Waals surface area contributed by atoms with Crippen LogP contribution in [0.5, 0.6) is 5.75 Å². The minimum absolute atomic E-state index is 0.487. The minimum atomic E-state index is 0.487. The molecule has 1 aliphatic heterocycles. The van der Waals surface area contributed by atoms with Crippen LogP contribution in [0.4, 0.5) is 5.69 Å². The molecule has 106 valence electrons. The third kappa shape index (κ3) is 4.40. The molecule has 19 heavy (non-hydrogen) atoms. The summed E-state index contributed by atoms with van der Waals surface area (Å²) < 4.78 is 10.8. The van der Waals surface area contributed by atoms with E-state index in [0.717, 1.165) is 24.5 Å². The van der Waals surface area contributed by atoms with Crippen LogP contribution >= 0.6 is 0 Å². The topological polar surface area (TPSA) is 42.5 Å². The molecule has 4 nitrogen and oxygen atoms in total. The van der Waals surface area contributed by atoms with Gasteiger partial charge in [0.15, 0.2) is 0 Å². The van der Waals surface area contributed by atoms with Crippen molar-refractivity contribution in [1.29, 1.82) is 0 Å². The van der Waals surface area contributed by atoms with E-state index in [4.69, 9.17) is 9.47 Å². The molecule has 0 bridgehead atoms. The Hall–Kier alpha value is -1.26. The summed E-state index contributed by atoms with van der Waals surface area (Å²) in [5.74, 6) is 0.919. The fraction of sp³-hybridized carbons (Fsp3) is 0.600. The third-order valence-corrected chi connectivity index (χ3v) is 3.34. The normalized spacial score (nSPS) is 19.2. The van der Waals surface area contributed by atoms with Gasteiger partial charge >= 0.3 is 0 Å². The van der Waals surface area contributed by atoms with E-state index in [9.17, 15) is 0 Å². The highest BCUT2D eigenvalue weighted by atomic mass is 16.5. The molecule has 2 rings (SSSR count). The van der Waals surface area contributed by atoms with Gasteiger partial charge in [-0.3, -0.25) is 0 Å². The van der Waals surface area contributed by atoms with E-state index >= 15 is 0 Å². The van der Waals surface area contributed by atoms with Gasteiger partial charge in [-0.15, -0.1) is 0 Å². The van der Waals surface area contributed by atoms with E-state index < -0.39 is 0 Å². The van der Waals surface area contributed by atoms with Crippen molar-refractivity contribution in [1.82, 2.24) is 5.32 Å². The Morgan fingerprint density at radius 3 is 3.00 bits per heavy atom. The number of rotatable bonds is 6. The Morgan fingerprint density at radius 1 is 1.37 bits per heavy atom. The molecule has 2 N–H and O–H groups in total. The number of aryl methyl sites for hydroxylation is 1. The molecule has 1 aliphatic rings. The standard InChI is InChI=1S/C15H24N2O2/c1-12-5-6-14(15(10-12)19-9-8-18-2)17-13-4-3-7-16-11-13/h5-6,10,13,16-17H,3-4,7-9,11H2,1-2H3. The highest BCUT2D eigenvalue weighted by molar-refractivity contribution is 5.58. The summed E-state index contributed by atoms with van der Waals surface area (Å²) in [5.41, 5.74) is 2.29. The average Bonchev–Trinajstić information content (AvgIpc) is 2.43. The molecule has 1 aromatic rings. The van der Waals surface area contributed by atoms with Crippen molar-refractivity contribution >= 4 is 5.69 Å². The van der Waals surface area contributed by atoms with Gasteiger partial charge < -0.3 is 20.1 Å². The van der Waals surface area contributed by atoms with Gasteiger partial charge in [0.25, 0.3) is 0 Å². The Labute approximate surface area is 115 Å². The molecular weight excluding hydrogens is 240 g/mol. The van der Waals surface area contributed by atoms with Crippen LogP contribution in [0.1, 0.15) is 18.4 Å². The van der Waals surface area contributed by atoms with Crippen LogP contribution in [0, 0.1) is 6.92 Å². The summed E-state index contributed by atoms with van der Waals surface area (Å²) in [7, 11) is 1.69. The zero-order chi connectivity index (χ0) is 13.5. The van der Waals surface area contributed by atoms with Crippen LogP contribution < -0.4 is 15.4 Å². The molecule has 1 atom stereocenters. The van der Waals surface area contributed by atoms with Gasteiger partial charge in [-0.2, -0.15) is 0 Å². The molecule has 1 heterocycles. The first-order valence-corrected chi connectivity index (χ1v) is 6.99. The molecule has 0 saturated carbocycles. The predicted molar refractivity (Wildman–Crippen MR) is 78.1 cm³/mol. The molecule has 0 aliphatic carbocycles. The fourth-order valence-electron chi connectivity index (χ4n) is 2.30. The molecule has 0 aromatic heterocycles. The van der Waals surface area contributed by atoms with Crippen LogP contribution in [0.15, 0.2) is 18.2 Å². The average molecular weight is 264 g/mol. The fourth-order valence-corrected chi connectivity index (χ4v) is 2.30. The lowest BCUT2D eigenvalue weighted by Crippen LogP contribution is -2.38. The van der Waals surface area contributed by atoms with Crippen LogP contribution in [0.25, 0.3) is 0 Å². The zero-order valence-corrected chi connectivity index (χ0v) is 11.9. The molecular formula is C15H24N2O2. The number of nitrogens with one attached hydrogen (secondary N) is 2. The number of methoxy groups -OCH3 is 1. The Balaban J connectivity index is 2.00. The molecule has 0 radical (unpaired) electrons. The largest absolute Gasteiger partial charge is 0.489 e. The Morgan fingerprint density at radius 2 is 2.26 bits per heavy atom. The Bertz CT molecular complexity index is 390. The van der Waals surface area contributed by atoms with Crippen LogP contribution in [0.2, 0.25) is 0 Å². The quantitative estimate of drug-likeness (QED) is 0.773. The van der Waals surface area contributed by atoms with Gasteiger partial charge in [0, 0.05) is 19.7 Å². The van der Waals surface area contributed by atoms with Gasteiger partial charge in [0.1, 0.15) is 12.4 Å². The van der Waals surface area contributed by atoms with Crippen molar-refractivity contribution in [3.05, 3.63) is 23.8 Å². The van der Waals surface area contributed by atoms with E-state index in [1.165, 1.54) is 18.4 Å². The van der Waals surface area contributed by atoms with Crippen molar-refractivity contribution in [2.75, 3.05) is 38.7 Å². The maximum Gasteiger partial charge on any atom is 0.142 e. The second-order valence-corrected chi connectivity index (χ2v) is 5.03. The van der Waals surface area contributed by atoms with Crippen LogP contribution in [-0.4, -0.2) is 39.5 Å². The van der Waals surface area contributed by atoms with E-state index in [1.807, 2.05) is 0 Å². The molecule has 0 spiro atoms. The van der Waals surface area contributed by atoms with E-state index in [2.05, 4.69) is 35.8 Å². The van der Waals surface area contributed by atoms with Crippen LogP contribution in [-0.2, 0) is 4.74 Å². The number of benzene rings is 1. The number of ether oxygens (including phenoxy) is 2. The third-order valence-electron chi connectivity index (χ3n) is 3.34. The maximum atomic E-state index is 5.79. The molecule has 1 unspecified atom stereocenters. The van der Waals surface area contributed by atoms with Gasteiger partial charge in [0.05, 0.1) is 12.3 Å². The number of hydrogen-bond donors (Lipinski definition) is 2. The first-order chi connectivity index (χ1) is 9.29. The highest BCUT2D eigenvalue weighted by Crippen LogP contribution is 2.27. The summed E-state index contributed by atoms with van der Waals surface area (Å²) in [6, 6.07) is 6.78. The summed E-state index contributed by atoms with van der Waals surface area (Å²) in [6.07, 6.45) is 2.43. The van der Waals surface area contributed by atoms with Crippen LogP contribution in [0.3, 0.4) is 0 Å². The van der Waals surface area contributed by atoms with E-state index in [-0.39, 0.29) is 0 Å². The number of hydrogen-bond acceptors (Lipinski definition) is 4. The SMILES string of the molecule is COCCOc1cc(C)ccc1NC1CCCNC1. The summed E-state index contributed by atoms with van der Waals surface area (Å²) in [4.78, 5) is 0. The van der Waals surface area contributed by atoms with Crippen molar-refractivity contribution in [3.8, 4) is 5.75 Å². The maximum absolute atomic E-state index is 5.79. The molecule has 0 amide bonds. The lowest BCUT2D eigenvalue weighted by Gasteiger charge is -2.26. The minimum Gasteiger partial charge on any atom is -0.489 e. The van der Waals surface area contributed by atoms with Gasteiger partial charge in [-0.1, -0.05) is 6.07 Å². The smallest absolute Gasteiger partial charge is 0.142 e. The predicted octanol–water partition coefficient (Wildman–Crippen LogP) is 2.18. The summed E-state index contributed by atoms with van der Waals surface area (Å²) in [6.45, 7) is 5.42. The van der Waals surface area contributed by atoms with Crippen molar-refractivity contribution in [2.24, 2.45) is 0 Å². The zero-order valence-electron chi connectivity index (χ0n) is 11.9. The molecule has 1 aromatic carbocycles. The van der Waals surface area contributed by atoms with Gasteiger partial charge in [-0.05, 0) is 44.0 Å².